The molecule has 0 rings (SSSR count). The van der Waals surface area contributed by atoms with Crippen molar-refractivity contribution in [2.75, 3.05) is 0 Å². The van der Waals surface area contributed by atoms with Gasteiger partial charge in [-0.3, -0.25) is 0 Å². The van der Waals surface area contributed by atoms with Crippen molar-refractivity contribution in [3.63, 3.8) is 0 Å². The van der Waals surface area contributed by atoms with Gasteiger partial charge in [0.05, 0.1) is 0 Å². The fraction of sp³-hybridized carbons (Fsp3) is 1.00. The molecular weight excluding hydrogens is 92.2 g/mol. The van der Waals surface area contributed by atoms with E-state index in [1.54, 1.807) is 0 Å². The van der Waals surface area contributed by atoms with Crippen LogP contribution in [0.5, 0.6) is 0 Å². The Morgan fingerprint density at radius 1 is 1.60 bits per heavy atom. The quantitative estimate of drug-likeness (QED) is 0.385. The smallest absolute Gasteiger partial charge is 0.00725 e. The molecule has 0 fully saturated rings. The van der Waals surface area contributed by atoms with Crippen LogP contribution in [0.2, 0.25) is 5.54 Å². The van der Waals surface area contributed by atoms with Gasteiger partial charge in [0.25, 0.3) is 0 Å². The summed E-state index contributed by atoms with van der Waals surface area (Å²) in [5, 5.41) is 0. The highest BCUT2D eigenvalue weighted by Crippen LogP contribution is 1.90. The normalized spacial score (nSPS) is 12.6. The molecule has 0 aromatic rings. The maximum atomic E-state index is 2.32. The van der Waals surface area contributed by atoms with E-state index in [0.717, 1.165) is 5.54 Å². The fourth-order valence-electron chi connectivity index (χ4n) is 0. The Labute approximate surface area is 39.0 Å². The average Bonchev–Trinajstić information content (AvgIpc) is 1.38. The van der Waals surface area contributed by atoms with Crippen LogP contribution in [0.1, 0.15) is 13.8 Å². The van der Waals surface area contributed by atoms with Crippen molar-refractivity contribution in [3.05, 3.63) is 0 Å². The van der Waals surface area contributed by atoms with E-state index in [4.69, 9.17) is 0 Å². The predicted molar refractivity (Wildman–Crippen MR) is 33.6 cm³/mol. The van der Waals surface area contributed by atoms with Gasteiger partial charge in [-0.25, -0.2) is 0 Å². The van der Waals surface area contributed by atoms with Crippen LogP contribution in [0.25, 0.3) is 0 Å². The lowest BCUT2D eigenvalue weighted by atomic mass is 10.6. The molecule has 5 heavy (non-hydrogen) atoms. The second-order valence-corrected chi connectivity index (χ2v) is 6.70. The number of rotatable bonds is 1. The third kappa shape index (κ3) is 4.43. The second kappa shape index (κ2) is 2.66. The molecule has 0 amide bonds. The molecule has 0 unspecified atom stereocenters. The third-order valence-electron chi connectivity index (χ3n) is 0.816. The van der Waals surface area contributed by atoms with Crippen molar-refractivity contribution in [1.29, 1.82) is 0 Å². The topological polar surface area (TPSA) is 0 Å². The van der Waals surface area contributed by atoms with Gasteiger partial charge in [0.2, 0.25) is 0 Å². The third-order valence-corrected chi connectivity index (χ3v) is 7.35. The minimum atomic E-state index is 0.488. The van der Waals surface area contributed by atoms with E-state index >= 15 is 0 Å². The van der Waals surface area contributed by atoms with Crippen LogP contribution in [-0.4, -0.2) is 18.8 Å². The van der Waals surface area contributed by atoms with Crippen molar-refractivity contribution in [2.45, 2.75) is 19.4 Å². The molecular formula is C3H12Si2. The predicted octanol–water partition coefficient (Wildman–Crippen LogP) is -0.736. The summed E-state index contributed by atoms with van der Waals surface area (Å²) >= 11 is 0. The summed E-state index contributed by atoms with van der Waals surface area (Å²) in [6.45, 7) is 4.64. The molecule has 0 aliphatic carbocycles. The van der Waals surface area contributed by atoms with E-state index in [2.05, 4.69) is 13.8 Å². The highest BCUT2D eigenvalue weighted by molar-refractivity contribution is 6.90. The molecule has 0 nitrogen and oxygen atoms in total. The van der Waals surface area contributed by atoms with Crippen LogP contribution in [0.15, 0.2) is 0 Å². The molecule has 0 atom stereocenters. The molecule has 0 saturated heterocycles. The fourth-order valence-corrected chi connectivity index (χ4v) is 0. The highest BCUT2D eigenvalue weighted by Gasteiger charge is 1.81. The number of hydrogen-bond donors (Lipinski definition) is 0. The lowest BCUT2D eigenvalue weighted by Crippen LogP contribution is -1.91. The van der Waals surface area contributed by atoms with Gasteiger partial charge in [0.1, 0.15) is 0 Å². The zero-order chi connectivity index (χ0) is 4.28. The van der Waals surface area contributed by atoms with E-state index in [-0.39, 0.29) is 0 Å². The van der Waals surface area contributed by atoms with Crippen LogP contribution in [0.3, 0.4) is 0 Å². The molecule has 0 saturated carbocycles. The van der Waals surface area contributed by atoms with E-state index < -0.39 is 0 Å². The molecule has 0 heterocycles. The summed E-state index contributed by atoms with van der Waals surface area (Å²) in [6, 6.07) is 0. The Bertz CT molecular complexity index is 18.9. The largest absolute Gasteiger partial charge is 0.0660 e. The first-order valence-corrected chi connectivity index (χ1v) is 8.74. The van der Waals surface area contributed by atoms with Crippen molar-refractivity contribution in [3.8, 4) is 0 Å². The molecule has 0 aliphatic heterocycles. The summed E-state index contributed by atoms with van der Waals surface area (Å²) < 4.78 is 0. The molecule has 0 N–H and O–H groups in total. The maximum Gasteiger partial charge on any atom is 0.00725 e. The standard InChI is InChI=1S/C3H12Si2/c1-3(2)5-4/h3H,5H2,1-2,4H3. The SMILES string of the molecule is CC(C)[SiH2][SiH3]. The monoisotopic (exact) mass is 104 g/mol. The zero-order valence-electron chi connectivity index (χ0n) is 4.28. The molecule has 0 aromatic carbocycles. The van der Waals surface area contributed by atoms with Gasteiger partial charge in [0.15, 0.2) is 0 Å². The van der Waals surface area contributed by atoms with E-state index in [0.29, 0.717) is 9.04 Å². The van der Waals surface area contributed by atoms with E-state index in [9.17, 15) is 0 Å². The van der Waals surface area contributed by atoms with Crippen molar-refractivity contribution < 1.29 is 0 Å². The van der Waals surface area contributed by atoms with Crippen LogP contribution < -0.4 is 0 Å². The van der Waals surface area contributed by atoms with Crippen molar-refractivity contribution >= 4 is 18.8 Å². The second-order valence-electron chi connectivity index (χ2n) is 1.80. The van der Waals surface area contributed by atoms with Gasteiger partial charge in [0, 0.05) is 9.04 Å². The van der Waals surface area contributed by atoms with E-state index in [1.807, 2.05) is 0 Å². The maximum absolute atomic E-state index is 2.32. The van der Waals surface area contributed by atoms with E-state index in [1.165, 1.54) is 9.76 Å². The minimum absolute atomic E-state index is 0.488. The molecule has 32 valence electrons. The summed E-state index contributed by atoms with van der Waals surface area (Å²) in [5.74, 6) is 0. The minimum Gasteiger partial charge on any atom is -0.0660 e. The Kier molecular flexibility index (Phi) is 2.89. The summed E-state index contributed by atoms with van der Waals surface area (Å²) in [5.41, 5.74) is 1.08. The van der Waals surface area contributed by atoms with Crippen molar-refractivity contribution in [2.24, 2.45) is 0 Å². The van der Waals surface area contributed by atoms with Gasteiger partial charge < -0.3 is 0 Å². The van der Waals surface area contributed by atoms with Crippen LogP contribution in [-0.2, 0) is 0 Å². The molecule has 0 aromatic heterocycles. The number of hydrogen-bond acceptors (Lipinski definition) is 0. The van der Waals surface area contributed by atoms with Crippen molar-refractivity contribution in [1.82, 2.24) is 0 Å². The van der Waals surface area contributed by atoms with Gasteiger partial charge in [-0.15, -0.1) is 0 Å². The van der Waals surface area contributed by atoms with Gasteiger partial charge in [-0.2, -0.15) is 0 Å². The Hall–Kier alpha value is 0.434. The lowest BCUT2D eigenvalue weighted by Gasteiger charge is -1.89. The van der Waals surface area contributed by atoms with Crippen LogP contribution in [0, 0.1) is 0 Å². The van der Waals surface area contributed by atoms with Gasteiger partial charge in [-0.05, 0) is 9.76 Å². The lowest BCUT2D eigenvalue weighted by molar-refractivity contribution is 1.07. The Morgan fingerprint density at radius 2 is 1.80 bits per heavy atom. The van der Waals surface area contributed by atoms with Gasteiger partial charge >= 0.3 is 0 Å². The first kappa shape index (κ1) is 5.43. The summed E-state index contributed by atoms with van der Waals surface area (Å²) in [4.78, 5) is 0. The van der Waals surface area contributed by atoms with Crippen LogP contribution in [0.4, 0.5) is 0 Å². The Morgan fingerprint density at radius 3 is 1.80 bits per heavy atom. The first-order valence-electron chi connectivity index (χ1n) is 2.27. The molecule has 2 heteroatoms. The first-order chi connectivity index (χ1) is 2.27. The molecule has 0 bridgehead atoms. The zero-order valence-corrected chi connectivity index (χ0v) is 7.70. The molecule has 0 aliphatic rings. The molecule has 0 radical (unpaired) electrons. The van der Waals surface area contributed by atoms with Crippen LogP contribution >= 0.6 is 0 Å². The Balaban J connectivity index is 2.54. The molecule has 0 spiro atoms. The summed E-state index contributed by atoms with van der Waals surface area (Å²) in [6.07, 6.45) is 0. The average molecular weight is 104 g/mol. The van der Waals surface area contributed by atoms with Gasteiger partial charge in [-0.1, -0.05) is 19.4 Å². The highest BCUT2D eigenvalue weighted by atomic mass is 29.1. The summed E-state index contributed by atoms with van der Waals surface area (Å²) in [7, 11) is 2.00.